The molecule has 1 amide bonds. The fraction of sp³-hybridized carbons (Fsp3) is 0.476. The molecule has 0 N–H and O–H groups in total. The minimum absolute atomic E-state index is 0.268. The van der Waals surface area contributed by atoms with E-state index in [0.29, 0.717) is 12.3 Å². The van der Waals surface area contributed by atoms with Gasteiger partial charge >= 0.3 is 0 Å². The van der Waals surface area contributed by atoms with Gasteiger partial charge in [-0.05, 0) is 43.9 Å². The van der Waals surface area contributed by atoms with Gasteiger partial charge in [-0.3, -0.25) is 4.79 Å². The molecule has 26 heavy (non-hydrogen) atoms. The third-order valence-corrected chi connectivity index (χ3v) is 5.57. The number of aryl methyl sites for hydroxylation is 1. The first-order chi connectivity index (χ1) is 12.7. The molecule has 136 valence electrons. The highest BCUT2D eigenvalue weighted by molar-refractivity contribution is 5.77. The number of hydrogen-bond acceptors (Lipinski definition) is 4. The maximum Gasteiger partial charge on any atom is 0.224 e. The quantitative estimate of drug-likeness (QED) is 0.851. The Bertz CT molecular complexity index is 791. The number of aromatic nitrogens is 2. The Morgan fingerprint density at radius 3 is 3.00 bits per heavy atom. The molecule has 0 aliphatic carbocycles. The van der Waals surface area contributed by atoms with E-state index in [-0.39, 0.29) is 5.91 Å². The van der Waals surface area contributed by atoms with Crippen LogP contribution in [0, 0.1) is 6.92 Å². The molecule has 0 unspecified atom stereocenters. The van der Waals surface area contributed by atoms with E-state index < -0.39 is 0 Å². The number of fused-ring (bicyclic) bond motifs is 1. The van der Waals surface area contributed by atoms with Gasteiger partial charge in [0.2, 0.25) is 5.91 Å². The van der Waals surface area contributed by atoms with Crippen LogP contribution >= 0.6 is 0 Å². The number of amides is 1. The Kier molecular flexibility index (Phi) is 4.87. The van der Waals surface area contributed by atoms with Crippen molar-refractivity contribution in [2.24, 2.45) is 0 Å². The zero-order chi connectivity index (χ0) is 17.9. The Balaban J connectivity index is 1.35. The van der Waals surface area contributed by atoms with E-state index in [1.165, 1.54) is 11.3 Å². The van der Waals surface area contributed by atoms with Gasteiger partial charge in [0, 0.05) is 56.1 Å². The van der Waals surface area contributed by atoms with Crippen LogP contribution in [0.15, 0.2) is 36.5 Å². The van der Waals surface area contributed by atoms with Crippen LogP contribution in [0.2, 0.25) is 0 Å². The summed E-state index contributed by atoms with van der Waals surface area (Å²) in [6, 6.07) is 10.5. The summed E-state index contributed by atoms with van der Waals surface area (Å²) in [6.45, 7) is 5.41. The van der Waals surface area contributed by atoms with Crippen LogP contribution in [0.25, 0.3) is 0 Å². The standard InChI is InChI=1S/C21H26N4O/c1-16-22-11-8-19(23-16)18-6-4-12-25(15-18)21(26)10-14-24-13-9-17-5-2-3-7-20(17)24/h2-3,5,7-8,11,18H,4,6,9-10,12-15H2,1H3/t18-/m1/s1. The maximum absolute atomic E-state index is 12.8. The first-order valence-electron chi connectivity index (χ1n) is 9.61. The molecule has 5 heteroatoms. The van der Waals surface area contributed by atoms with Gasteiger partial charge in [0.25, 0.3) is 0 Å². The number of likely N-dealkylation sites (tertiary alicyclic amines) is 1. The Morgan fingerprint density at radius 1 is 1.23 bits per heavy atom. The van der Waals surface area contributed by atoms with Crippen LogP contribution in [0.1, 0.15) is 42.3 Å². The van der Waals surface area contributed by atoms with Gasteiger partial charge in [0.1, 0.15) is 5.82 Å². The smallest absolute Gasteiger partial charge is 0.224 e. The molecule has 1 aromatic carbocycles. The molecule has 0 bridgehead atoms. The highest BCUT2D eigenvalue weighted by Crippen LogP contribution is 2.28. The summed E-state index contributed by atoms with van der Waals surface area (Å²) < 4.78 is 0. The van der Waals surface area contributed by atoms with Gasteiger partial charge in [0.05, 0.1) is 0 Å². The third kappa shape index (κ3) is 3.57. The summed E-state index contributed by atoms with van der Waals surface area (Å²) in [4.78, 5) is 25.9. The van der Waals surface area contributed by atoms with Crippen LogP contribution < -0.4 is 4.90 Å². The molecule has 4 rings (SSSR count). The molecule has 2 aromatic rings. The lowest BCUT2D eigenvalue weighted by Gasteiger charge is -2.33. The largest absolute Gasteiger partial charge is 0.370 e. The fourth-order valence-electron chi connectivity index (χ4n) is 4.17. The summed E-state index contributed by atoms with van der Waals surface area (Å²) in [5, 5.41) is 0. The van der Waals surface area contributed by atoms with Crippen LogP contribution in [-0.2, 0) is 11.2 Å². The van der Waals surface area contributed by atoms with Crippen molar-refractivity contribution in [2.45, 2.75) is 38.5 Å². The second kappa shape index (κ2) is 7.44. The molecular weight excluding hydrogens is 324 g/mol. The van der Waals surface area contributed by atoms with E-state index in [1.807, 2.05) is 24.1 Å². The molecule has 0 saturated carbocycles. The van der Waals surface area contributed by atoms with Gasteiger partial charge < -0.3 is 9.80 Å². The molecule has 3 heterocycles. The first-order valence-corrected chi connectivity index (χ1v) is 9.61. The molecule has 0 spiro atoms. The fourth-order valence-corrected chi connectivity index (χ4v) is 4.17. The van der Waals surface area contributed by atoms with Crippen molar-refractivity contribution in [2.75, 3.05) is 31.1 Å². The molecule has 2 aliphatic rings. The topological polar surface area (TPSA) is 49.3 Å². The number of carbonyl (C=O) groups excluding carboxylic acids is 1. The van der Waals surface area contributed by atoms with Crippen molar-refractivity contribution in [1.82, 2.24) is 14.9 Å². The molecule has 1 aromatic heterocycles. The summed E-state index contributed by atoms with van der Waals surface area (Å²) in [5.74, 6) is 1.41. The van der Waals surface area contributed by atoms with E-state index in [1.54, 1.807) is 0 Å². The third-order valence-electron chi connectivity index (χ3n) is 5.57. The normalized spacial score (nSPS) is 19.5. The van der Waals surface area contributed by atoms with E-state index in [9.17, 15) is 4.79 Å². The zero-order valence-electron chi connectivity index (χ0n) is 15.4. The van der Waals surface area contributed by atoms with Crippen molar-refractivity contribution >= 4 is 11.6 Å². The van der Waals surface area contributed by atoms with E-state index >= 15 is 0 Å². The average Bonchev–Trinajstić information content (AvgIpc) is 3.09. The minimum atomic E-state index is 0.268. The van der Waals surface area contributed by atoms with Crippen molar-refractivity contribution in [3.63, 3.8) is 0 Å². The Labute approximate surface area is 155 Å². The Hall–Kier alpha value is -2.43. The number of piperidine rings is 1. The molecule has 2 aliphatic heterocycles. The SMILES string of the molecule is Cc1nccc([C@@H]2CCCN(C(=O)CCN3CCc4ccccc43)C2)n1. The highest BCUT2D eigenvalue weighted by Gasteiger charge is 2.26. The van der Waals surface area contributed by atoms with Crippen molar-refractivity contribution in [1.29, 1.82) is 0 Å². The maximum atomic E-state index is 12.8. The number of hydrogen-bond donors (Lipinski definition) is 0. The molecule has 0 radical (unpaired) electrons. The number of anilines is 1. The van der Waals surface area contributed by atoms with Crippen molar-refractivity contribution in [3.05, 3.63) is 53.6 Å². The monoisotopic (exact) mass is 350 g/mol. The lowest BCUT2D eigenvalue weighted by Crippen LogP contribution is -2.40. The Morgan fingerprint density at radius 2 is 2.12 bits per heavy atom. The summed E-state index contributed by atoms with van der Waals surface area (Å²) in [7, 11) is 0. The van der Waals surface area contributed by atoms with Gasteiger partial charge in [-0.2, -0.15) is 0 Å². The predicted molar refractivity (Wildman–Crippen MR) is 102 cm³/mol. The van der Waals surface area contributed by atoms with Crippen molar-refractivity contribution in [3.8, 4) is 0 Å². The van der Waals surface area contributed by atoms with Gasteiger partial charge in [0.15, 0.2) is 0 Å². The molecular formula is C21H26N4O. The van der Waals surface area contributed by atoms with Gasteiger partial charge in [-0.15, -0.1) is 0 Å². The second-order valence-corrected chi connectivity index (χ2v) is 7.32. The highest BCUT2D eigenvalue weighted by atomic mass is 16.2. The van der Waals surface area contributed by atoms with Gasteiger partial charge in [-0.1, -0.05) is 18.2 Å². The summed E-state index contributed by atoms with van der Waals surface area (Å²) in [6.07, 6.45) is 5.64. The van der Waals surface area contributed by atoms with Crippen LogP contribution in [0.5, 0.6) is 0 Å². The van der Waals surface area contributed by atoms with Crippen molar-refractivity contribution < 1.29 is 4.79 Å². The predicted octanol–water partition coefficient (Wildman–Crippen LogP) is 2.94. The summed E-state index contributed by atoms with van der Waals surface area (Å²) in [5.41, 5.74) is 3.77. The van der Waals surface area contributed by atoms with E-state index in [2.05, 4.69) is 39.1 Å². The van der Waals surface area contributed by atoms with Crippen LogP contribution in [-0.4, -0.2) is 47.0 Å². The lowest BCUT2D eigenvalue weighted by molar-refractivity contribution is -0.132. The van der Waals surface area contributed by atoms with E-state index in [0.717, 1.165) is 57.0 Å². The average molecular weight is 350 g/mol. The zero-order valence-corrected chi connectivity index (χ0v) is 15.4. The molecule has 1 fully saturated rings. The number of benzene rings is 1. The minimum Gasteiger partial charge on any atom is -0.370 e. The number of rotatable bonds is 4. The van der Waals surface area contributed by atoms with Gasteiger partial charge in [-0.25, -0.2) is 9.97 Å². The second-order valence-electron chi connectivity index (χ2n) is 7.32. The number of nitrogens with zero attached hydrogens (tertiary/aromatic N) is 4. The first kappa shape index (κ1) is 17.0. The number of carbonyl (C=O) groups is 1. The summed E-state index contributed by atoms with van der Waals surface area (Å²) >= 11 is 0. The molecule has 1 atom stereocenters. The molecule has 5 nitrogen and oxygen atoms in total. The van der Waals surface area contributed by atoms with E-state index in [4.69, 9.17) is 0 Å². The lowest BCUT2D eigenvalue weighted by atomic mass is 9.94. The van der Waals surface area contributed by atoms with Crippen LogP contribution in [0.4, 0.5) is 5.69 Å². The number of para-hydroxylation sites is 1. The van der Waals surface area contributed by atoms with Crippen LogP contribution in [0.3, 0.4) is 0 Å². The molecule has 1 saturated heterocycles.